The van der Waals surface area contributed by atoms with E-state index in [0.29, 0.717) is 12.2 Å². The molecule has 0 bridgehead atoms. The average molecular weight is 248 g/mol. The van der Waals surface area contributed by atoms with Crippen LogP contribution < -0.4 is 4.74 Å². The number of carbonyl (C=O) groups is 1. The first-order valence-corrected chi connectivity index (χ1v) is 6.59. The van der Waals surface area contributed by atoms with Gasteiger partial charge in [0.15, 0.2) is 0 Å². The first-order valence-electron chi connectivity index (χ1n) is 6.59. The Labute approximate surface area is 110 Å². The quantitative estimate of drug-likeness (QED) is 0.711. The molecule has 0 saturated heterocycles. The van der Waals surface area contributed by atoms with Gasteiger partial charge in [0.2, 0.25) is 0 Å². The Morgan fingerprint density at radius 1 is 1.11 bits per heavy atom. The Morgan fingerprint density at radius 2 is 1.72 bits per heavy atom. The van der Waals surface area contributed by atoms with E-state index in [1.807, 2.05) is 32.9 Å². The molecule has 18 heavy (non-hydrogen) atoms. The number of ether oxygens (including phenoxy) is 1. The molecule has 1 aromatic carbocycles. The highest BCUT2D eigenvalue weighted by molar-refractivity contribution is 5.83. The van der Waals surface area contributed by atoms with Gasteiger partial charge in [0.25, 0.3) is 0 Å². The predicted octanol–water partition coefficient (Wildman–Crippen LogP) is 4.02. The van der Waals surface area contributed by atoms with Gasteiger partial charge in [-0.05, 0) is 37.0 Å². The molecule has 0 aromatic heterocycles. The van der Waals surface area contributed by atoms with Crippen molar-refractivity contribution in [1.82, 2.24) is 0 Å². The molecular weight excluding hydrogens is 224 g/mol. The zero-order valence-corrected chi connectivity index (χ0v) is 12.0. The third-order valence-electron chi connectivity index (χ3n) is 3.11. The maximum Gasteiger partial charge on any atom is 0.138 e. The second kappa shape index (κ2) is 6.58. The fourth-order valence-corrected chi connectivity index (χ4v) is 1.78. The number of benzene rings is 1. The lowest BCUT2D eigenvalue weighted by molar-refractivity contribution is -0.126. The number of unbranched alkanes of at least 4 members (excludes halogenated alkanes) is 1. The lowest BCUT2D eigenvalue weighted by Crippen LogP contribution is -2.19. The van der Waals surface area contributed by atoms with Gasteiger partial charge in [-0.1, -0.05) is 32.9 Å². The number of carbonyl (C=O) groups excluding carboxylic acids is 1. The SMILES string of the molecule is COc1ccc(CCCCC(=O)C(C)(C)C)cc1. The summed E-state index contributed by atoms with van der Waals surface area (Å²) in [6, 6.07) is 8.14. The van der Waals surface area contributed by atoms with Crippen molar-refractivity contribution in [1.29, 1.82) is 0 Å². The molecule has 0 saturated carbocycles. The number of rotatable bonds is 6. The largest absolute Gasteiger partial charge is 0.497 e. The Bertz CT molecular complexity index is 371. The van der Waals surface area contributed by atoms with Gasteiger partial charge in [-0.3, -0.25) is 4.79 Å². The number of methoxy groups -OCH3 is 1. The van der Waals surface area contributed by atoms with Gasteiger partial charge in [0.1, 0.15) is 11.5 Å². The summed E-state index contributed by atoms with van der Waals surface area (Å²) in [7, 11) is 1.67. The van der Waals surface area contributed by atoms with Crippen molar-refractivity contribution in [2.45, 2.75) is 46.5 Å². The molecule has 0 fully saturated rings. The minimum absolute atomic E-state index is 0.194. The molecule has 1 aromatic rings. The van der Waals surface area contributed by atoms with Crippen molar-refractivity contribution in [2.75, 3.05) is 7.11 Å². The van der Waals surface area contributed by atoms with Crippen molar-refractivity contribution in [3.05, 3.63) is 29.8 Å². The second-order valence-corrected chi connectivity index (χ2v) is 5.73. The van der Waals surface area contributed by atoms with E-state index in [2.05, 4.69) is 12.1 Å². The Balaban J connectivity index is 2.27. The fourth-order valence-electron chi connectivity index (χ4n) is 1.78. The van der Waals surface area contributed by atoms with Gasteiger partial charge in [-0.15, -0.1) is 0 Å². The van der Waals surface area contributed by atoms with Crippen LogP contribution >= 0.6 is 0 Å². The predicted molar refractivity (Wildman–Crippen MR) is 75.0 cm³/mol. The van der Waals surface area contributed by atoms with E-state index in [9.17, 15) is 4.79 Å². The van der Waals surface area contributed by atoms with Crippen LogP contribution in [0.3, 0.4) is 0 Å². The fraction of sp³-hybridized carbons (Fsp3) is 0.562. The van der Waals surface area contributed by atoms with Crippen LogP contribution in [0.1, 0.15) is 45.6 Å². The molecule has 0 amide bonds. The second-order valence-electron chi connectivity index (χ2n) is 5.73. The highest BCUT2D eigenvalue weighted by atomic mass is 16.5. The molecule has 0 aliphatic carbocycles. The highest BCUT2D eigenvalue weighted by Crippen LogP contribution is 2.19. The summed E-state index contributed by atoms with van der Waals surface area (Å²) in [5.41, 5.74) is 1.11. The van der Waals surface area contributed by atoms with Crippen LogP contribution in [0.4, 0.5) is 0 Å². The van der Waals surface area contributed by atoms with Gasteiger partial charge in [0.05, 0.1) is 7.11 Å². The normalized spacial score (nSPS) is 11.3. The lowest BCUT2D eigenvalue weighted by Gasteiger charge is -2.16. The summed E-state index contributed by atoms with van der Waals surface area (Å²) in [6.45, 7) is 5.95. The average Bonchev–Trinajstić information content (AvgIpc) is 2.34. The minimum atomic E-state index is -0.194. The molecule has 0 radical (unpaired) electrons. The molecule has 0 aliphatic heterocycles. The molecule has 0 unspecified atom stereocenters. The van der Waals surface area contributed by atoms with Crippen molar-refractivity contribution >= 4 is 5.78 Å². The van der Waals surface area contributed by atoms with Crippen molar-refractivity contribution in [3.8, 4) is 5.75 Å². The minimum Gasteiger partial charge on any atom is -0.497 e. The molecule has 2 nitrogen and oxygen atoms in total. The standard InChI is InChI=1S/C16H24O2/c1-16(2,3)15(17)8-6-5-7-13-9-11-14(18-4)12-10-13/h9-12H,5-8H2,1-4H3. The van der Waals surface area contributed by atoms with Crippen LogP contribution in [-0.2, 0) is 11.2 Å². The van der Waals surface area contributed by atoms with E-state index >= 15 is 0 Å². The van der Waals surface area contributed by atoms with Crippen LogP contribution in [0.2, 0.25) is 0 Å². The Morgan fingerprint density at radius 3 is 2.22 bits per heavy atom. The highest BCUT2D eigenvalue weighted by Gasteiger charge is 2.19. The van der Waals surface area contributed by atoms with E-state index in [1.54, 1.807) is 7.11 Å². The van der Waals surface area contributed by atoms with Gasteiger partial charge in [0, 0.05) is 11.8 Å². The third kappa shape index (κ3) is 4.91. The van der Waals surface area contributed by atoms with E-state index in [1.165, 1.54) is 5.56 Å². The molecule has 0 atom stereocenters. The number of aryl methyl sites for hydroxylation is 1. The van der Waals surface area contributed by atoms with Gasteiger partial charge >= 0.3 is 0 Å². The van der Waals surface area contributed by atoms with Gasteiger partial charge < -0.3 is 4.74 Å². The first-order chi connectivity index (χ1) is 8.43. The van der Waals surface area contributed by atoms with Crippen molar-refractivity contribution < 1.29 is 9.53 Å². The summed E-state index contributed by atoms with van der Waals surface area (Å²) >= 11 is 0. The monoisotopic (exact) mass is 248 g/mol. The number of Topliss-reactive ketones (excluding diaryl/α,β-unsaturated/α-hetero) is 1. The molecule has 1 rings (SSSR count). The van der Waals surface area contributed by atoms with E-state index < -0.39 is 0 Å². The van der Waals surface area contributed by atoms with Gasteiger partial charge in [-0.25, -0.2) is 0 Å². The molecule has 0 heterocycles. The molecular formula is C16H24O2. The summed E-state index contributed by atoms with van der Waals surface area (Å²) < 4.78 is 5.12. The number of hydrogen-bond donors (Lipinski definition) is 0. The van der Waals surface area contributed by atoms with E-state index in [-0.39, 0.29) is 5.41 Å². The lowest BCUT2D eigenvalue weighted by atomic mass is 9.87. The number of ketones is 1. The zero-order chi connectivity index (χ0) is 13.6. The molecule has 2 heteroatoms. The van der Waals surface area contributed by atoms with Gasteiger partial charge in [-0.2, -0.15) is 0 Å². The molecule has 0 aliphatic rings. The molecule has 0 spiro atoms. The van der Waals surface area contributed by atoms with Crippen molar-refractivity contribution in [2.24, 2.45) is 5.41 Å². The summed E-state index contributed by atoms with van der Waals surface area (Å²) in [5, 5.41) is 0. The molecule has 0 N–H and O–H groups in total. The Hall–Kier alpha value is -1.31. The third-order valence-corrected chi connectivity index (χ3v) is 3.11. The Kier molecular flexibility index (Phi) is 5.39. The van der Waals surface area contributed by atoms with Crippen LogP contribution in [0, 0.1) is 5.41 Å². The summed E-state index contributed by atoms with van der Waals surface area (Å²) in [6.07, 6.45) is 3.76. The van der Waals surface area contributed by atoms with Crippen LogP contribution in [0.5, 0.6) is 5.75 Å². The van der Waals surface area contributed by atoms with Crippen LogP contribution in [-0.4, -0.2) is 12.9 Å². The van der Waals surface area contributed by atoms with Crippen molar-refractivity contribution in [3.63, 3.8) is 0 Å². The summed E-state index contributed by atoms with van der Waals surface area (Å²) in [4.78, 5) is 11.7. The molecule has 100 valence electrons. The maximum absolute atomic E-state index is 11.7. The van der Waals surface area contributed by atoms with E-state index in [4.69, 9.17) is 4.74 Å². The smallest absolute Gasteiger partial charge is 0.138 e. The summed E-state index contributed by atoms with van der Waals surface area (Å²) in [5.74, 6) is 1.25. The first kappa shape index (κ1) is 14.7. The number of hydrogen-bond acceptors (Lipinski definition) is 2. The van der Waals surface area contributed by atoms with Crippen LogP contribution in [0.25, 0.3) is 0 Å². The topological polar surface area (TPSA) is 26.3 Å². The van der Waals surface area contributed by atoms with E-state index in [0.717, 1.165) is 25.0 Å². The van der Waals surface area contributed by atoms with Crippen LogP contribution in [0.15, 0.2) is 24.3 Å². The zero-order valence-electron chi connectivity index (χ0n) is 12.0. The maximum atomic E-state index is 11.7.